The third kappa shape index (κ3) is 2.29. The minimum atomic E-state index is -3.73. The molecule has 0 aliphatic carbocycles. The van der Waals surface area contributed by atoms with Crippen molar-refractivity contribution in [1.29, 1.82) is 0 Å². The average Bonchev–Trinajstić information content (AvgIpc) is 2.61. The van der Waals surface area contributed by atoms with E-state index in [9.17, 15) is 18.7 Å². The van der Waals surface area contributed by atoms with E-state index in [1.165, 1.54) is 6.07 Å². The monoisotopic (exact) mass is 297 g/mol. The quantitative estimate of drug-likeness (QED) is 0.663. The maximum atomic E-state index is 13.8. The van der Waals surface area contributed by atoms with Gasteiger partial charge in [-0.05, 0) is 6.07 Å². The Morgan fingerprint density at radius 2 is 2.32 bits per heavy atom. The second-order valence-electron chi connectivity index (χ2n) is 3.93. The van der Waals surface area contributed by atoms with Crippen LogP contribution in [0.1, 0.15) is 6.23 Å². The van der Waals surface area contributed by atoms with Crippen molar-refractivity contribution in [1.82, 2.24) is 9.55 Å². The maximum absolute atomic E-state index is 13.8. The van der Waals surface area contributed by atoms with Crippen LogP contribution in [0, 0.1) is 0 Å². The molecule has 106 valence electrons. The Labute approximate surface area is 110 Å². The highest BCUT2D eigenvalue weighted by molar-refractivity contribution is 6.23. The van der Waals surface area contributed by atoms with Gasteiger partial charge in [0.25, 0.3) is 0 Å². The van der Waals surface area contributed by atoms with Gasteiger partial charge in [-0.3, -0.25) is 9.40 Å². The molecule has 3 atom stereocenters. The van der Waals surface area contributed by atoms with E-state index in [1.807, 2.05) is 0 Å². The van der Waals surface area contributed by atoms with Crippen molar-refractivity contribution < 1.29 is 23.7 Å². The molecule has 1 fully saturated rings. The van der Waals surface area contributed by atoms with Crippen LogP contribution in [0.2, 0.25) is 0 Å². The molecule has 7 nitrogen and oxygen atoms in total. The van der Waals surface area contributed by atoms with Crippen molar-refractivity contribution in [2.45, 2.75) is 24.4 Å². The number of alkyl halides is 2. The minimum Gasteiger partial charge on any atom is -0.394 e. The maximum Gasteiger partial charge on any atom is 0.351 e. The molecule has 3 unspecified atom stereocenters. The number of rotatable bonds is 3. The van der Waals surface area contributed by atoms with Crippen molar-refractivity contribution in [3.05, 3.63) is 22.7 Å². The predicted molar refractivity (Wildman–Crippen MR) is 59.9 cm³/mol. The van der Waals surface area contributed by atoms with E-state index in [2.05, 4.69) is 9.82 Å². The van der Waals surface area contributed by atoms with Gasteiger partial charge in [0.05, 0.1) is 6.61 Å². The summed E-state index contributed by atoms with van der Waals surface area (Å²) in [4.78, 5) is 17.0. The molecule has 0 aromatic carbocycles. The molecule has 1 saturated heterocycles. The van der Waals surface area contributed by atoms with Gasteiger partial charge in [-0.25, -0.2) is 4.79 Å². The second-order valence-corrected chi connectivity index (χ2v) is 4.11. The Balaban J connectivity index is 2.39. The molecule has 0 bridgehead atoms. The minimum absolute atomic E-state index is 0.0107. The second kappa shape index (κ2) is 5.00. The van der Waals surface area contributed by atoms with E-state index in [0.29, 0.717) is 4.57 Å². The first-order valence-corrected chi connectivity index (χ1v) is 5.57. The Bertz CT molecular complexity index is 526. The summed E-state index contributed by atoms with van der Waals surface area (Å²) in [6.07, 6.45) is -4.72. The lowest BCUT2D eigenvalue weighted by Crippen LogP contribution is -2.41. The molecule has 1 aromatic heterocycles. The fourth-order valence-electron chi connectivity index (χ4n) is 1.76. The molecule has 3 N–H and O–H groups in total. The standard InChI is InChI=1S/C9H10ClF2N3O4/c10-14-5-1-2-15(8(18)13-5)7-9(11,12)6(17)4(3-16)19-7/h1-2,4,6-7,16-17H,3H2,(H,13,14,18). The molecule has 1 aromatic rings. The summed E-state index contributed by atoms with van der Waals surface area (Å²) >= 11 is 5.22. The Hall–Kier alpha value is -1.29. The van der Waals surface area contributed by atoms with Crippen LogP contribution >= 0.6 is 11.8 Å². The van der Waals surface area contributed by atoms with Crippen molar-refractivity contribution in [3.8, 4) is 0 Å². The molecule has 0 radical (unpaired) electrons. The molecule has 1 aliphatic rings. The topological polar surface area (TPSA) is 96.6 Å². The van der Waals surface area contributed by atoms with Gasteiger partial charge in [0.15, 0.2) is 6.10 Å². The summed E-state index contributed by atoms with van der Waals surface area (Å²) in [7, 11) is 0. The van der Waals surface area contributed by atoms with Crippen LogP contribution in [0.15, 0.2) is 17.1 Å². The molecule has 1 aliphatic heterocycles. The number of ether oxygens (including phenoxy) is 1. The van der Waals surface area contributed by atoms with Crippen molar-refractivity contribution >= 4 is 17.6 Å². The molecular formula is C9H10ClF2N3O4. The lowest BCUT2D eigenvalue weighted by molar-refractivity contribution is -0.140. The van der Waals surface area contributed by atoms with Gasteiger partial charge in [0, 0.05) is 18.0 Å². The SMILES string of the molecule is O=c1nc(NCl)ccn1C1OC(CO)C(O)C1(F)F. The van der Waals surface area contributed by atoms with Crippen LogP contribution in [0.3, 0.4) is 0 Å². The smallest absolute Gasteiger partial charge is 0.351 e. The zero-order valence-corrected chi connectivity index (χ0v) is 10.1. The molecular weight excluding hydrogens is 288 g/mol. The number of hydrogen-bond acceptors (Lipinski definition) is 6. The van der Waals surface area contributed by atoms with Crippen molar-refractivity contribution in [2.24, 2.45) is 0 Å². The number of aliphatic hydroxyl groups is 2. The average molecular weight is 298 g/mol. The summed E-state index contributed by atoms with van der Waals surface area (Å²) < 4.78 is 32.9. The van der Waals surface area contributed by atoms with Crippen LogP contribution < -0.4 is 10.5 Å². The van der Waals surface area contributed by atoms with Gasteiger partial charge < -0.3 is 14.9 Å². The largest absolute Gasteiger partial charge is 0.394 e. The normalized spacial score (nSPS) is 29.4. The van der Waals surface area contributed by atoms with E-state index in [1.54, 1.807) is 0 Å². The van der Waals surface area contributed by atoms with Crippen molar-refractivity contribution in [3.63, 3.8) is 0 Å². The predicted octanol–water partition coefficient (Wildman–Crippen LogP) is -0.305. The number of hydrogen-bond donors (Lipinski definition) is 3. The van der Waals surface area contributed by atoms with Gasteiger partial charge in [-0.15, -0.1) is 0 Å². The zero-order valence-electron chi connectivity index (χ0n) is 9.33. The zero-order chi connectivity index (χ0) is 14.2. The van der Waals surface area contributed by atoms with Crippen LogP contribution in [0.5, 0.6) is 0 Å². The van der Waals surface area contributed by atoms with Crippen LogP contribution in [0.25, 0.3) is 0 Å². The third-order valence-corrected chi connectivity index (χ3v) is 2.93. The summed E-state index contributed by atoms with van der Waals surface area (Å²) in [6, 6.07) is 1.19. The third-order valence-electron chi connectivity index (χ3n) is 2.74. The first-order valence-electron chi connectivity index (χ1n) is 5.20. The summed E-state index contributed by atoms with van der Waals surface area (Å²) in [5.41, 5.74) is -1.03. The molecule has 0 spiro atoms. The lowest BCUT2D eigenvalue weighted by atomic mass is 10.1. The van der Waals surface area contributed by atoms with Crippen LogP contribution in [-0.2, 0) is 4.74 Å². The van der Waals surface area contributed by atoms with E-state index in [-0.39, 0.29) is 5.82 Å². The van der Waals surface area contributed by atoms with Crippen LogP contribution in [-0.4, -0.2) is 44.5 Å². The fourth-order valence-corrected chi connectivity index (χ4v) is 1.87. The molecule has 2 heterocycles. The molecule has 0 amide bonds. The number of anilines is 1. The summed E-state index contributed by atoms with van der Waals surface area (Å²) in [5, 5.41) is 18.2. The van der Waals surface area contributed by atoms with E-state index in [0.717, 1.165) is 6.20 Å². The summed E-state index contributed by atoms with van der Waals surface area (Å²) in [5.74, 6) is -3.74. The Morgan fingerprint density at radius 3 is 2.79 bits per heavy atom. The first-order chi connectivity index (χ1) is 8.91. The van der Waals surface area contributed by atoms with E-state index in [4.69, 9.17) is 21.6 Å². The Kier molecular flexibility index (Phi) is 3.72. The van der Waals surface area contributed by atoms with Crippen LogP contribution in [0.4, 0.5) is 14.6 Å². The summed E-state index contributed by atoms with van der Waals surface area (Å²) in [6.45, 7) is -0.795. The fraction of sp³-hybridized carbons (Fsp3) is 0.556. The highest BCUT2D eigenvalue weighted by Crippen LogP contribution is 2.41. The molecule has 10 heteroatoms. The van der Waals surface area contributed by atoms with Crippen molar-refractivity contribution in [2.75, 3.05) is 11.4 Å². The molecule has 2 rings (SSSR count). The molecule has 19 heavy (non-hydrogen) atoms. The number of nitrogens with zero attached hydrogens (tertiary/aromatic N) is 2. The van der Waals surface area contributed by atoms with E-state index < -0.39 is 36.7 Å². The van der Waals surface area contributed by atoms with Gasteiger partial charge in [0.2, 0.25) is 6.23 Å². The van der Waals surface area contributed by atoms with E-state index >= 15 is 0 Å². The number of halogens is 3. The number of nitrogens with one attached hydrogen (secondary N) is 1. The number of aliphatic hydroxyl groups excluding tert-OH is 2. The Morgan fingerprint density at radius 1 is 1.63 bits per heavy atom. The molecule has 0 saturated carbocycles. The number of aromatic nitrogens is 2. The lowest BCUT2D eigenvalue weighted by Gasteiger charge is -2.20. The van der Waals surface area contributed by atoms with Gasteiger partial charge in [0.1, 0.15) is 11.9 Å². The van der Waals surface area contributed by atoms with Gasteiger partial charge in [-0.1, -0.05) is 0 Å². The highest BCUT2D eigenvalue weighted by Gasteiger charge is 2.59. The first kappa shape index (κ1) is 14.1. The van der Waals surface area contributed by atoms with Gasteiger partial charge in [-0.2, -0.15) is 13.8 Å². The van der Waals surface area contributed by atoms with Gasteiger partial charge >= 0.3 is 11.6 Å². The highest BCUT2D eigenvalue weighted by atomic mass is 35.5.